The summed E-state index contributed by atoms with van der Waals surface area (Å²) in [6, 6.07) is 0. The molecule has 2 aliphatic rings. The van der Waals surface area contributed by atoms with E-state index < -0.39 is 5.60 Å². The van der Waals surface area contributed by atoms with Crippen LogP contribution in [0, 0.1) is 0 Å². The molecule has 1 heterocycles. The lowest BCUT2D eigenvalue weighted by atomic mass is 10.00. The maximum Gasteiger partial charge on any atom is 0.127 e. The lowest BCUT2D eigenvalue weighted by molar-refractivity contribution is 0.0826. The Hall–Kier alpha value is -0.800. The topological polar surface area (TPSA) is 44.6 Å². The van der Waals surface area contributed by atoms with E-state index in [1.807, 2.05) is 13.8 Å². The molecule has 0 aromatic carbocycles. The van der Waals surface area contributed by atoms with Gasteiger partial charge in [0.15, 0.2) is 0 Å². The van der Waals surface area contributed by atoms with Crippen molar-refractivity contribution in [2.75, 3.05) is 13.1 Å². The summed E-state index contributed by atoms with van der Waals surface area (Å²) < 4.78 is 0. The Bertz CT molecular complexity index is 455. The van der Waals surface area contributed by atoms with Gasteiger partial charge in [-0.3, -0.25) is 4.99 Å². The minimum absolute atomic E-state index is 0.547. The fourth-order valence-electron chi connectivity index (χ4n) is 2.61. The molecule has 0 spiro atoms. The number of allylic oxidation sites excluding steroid dienone is 2. The summed E-state index contributed by atoms with van der Waals surface area (Å²) in [6.45, 7) is 7.07. The average Bonchev–Trinajstić information content (AvgIpc) is 2.75. The molecule has 1 aliphatic heterocycles. The third-order valence-corrected chi connectivity index (χ3v) is 3.98. The quantitative estimate of drug-likeness (QED) is 0.835. The van der Waals surface area contributed by atoms with Gasteiger partial charge in [-0.05, 0) is 63.2 Å². The van der Waals surface area contributed by atoms with Gasteiger partial charge in [0, 0.05) is 18.8 Å². The predicted octanol–water partition coefficient (Wildman–Crippen LogP) is 3.14. The molecule has 0 saturated heterocycles. The third-order valence-electron chi connectivity index (χ3n) is 3.63. The van der Waals surface area contributed by atoms with E-state index in [1.165, 1.54) is 22.4 Å². The largest absolute Gasteiger partial charge is 0.389 e. The van der Waals surface area contributed by atoms with E-state index in [0.717, 1.165) is 32.2 Å². The Kier molecular flexibility index (Phi) is 4.36. The second kappa shape index (κ2) is 5.68. The van der Waals surface area contributed by atoms with E-state index in [0.29, 0.717) is 11.7 Å². The van der Waals surface area contributed by atoms with Crippen LogP contribution in [0.2, 0.25) is 0 Å². The highest BCUT2D eigenvalue weighted by atomic mass is 35.5. The summed E-state index contributed by atoms with van der Waals surface area (Å²) >= 11 is 6.29. The number of hydrogen-bond donors (Lipinski definition) is 2. The van der Waals surface area contributed by atoms with Gasteiger partial charge in [-0.1, -0.05) is 11.6 Å². The van der Waals surface area contributed by atoms with Crippen molar-refractivity contribution in [1.82, 2.24) is 5.32 Å². The zero-order valence-electron chi connectivity index (χ0n) is 12.0. The lowest BCUT2D eigenvalue weighted by Gasteiger charge is -2.24. The number of hydrogen-bond acceptors (Lipinski definition) is 3. The molecular formula is C15H23ClN2O. The normalized spacial score (nSPS) is 27.5. The first-order valence-electron chi connectivity index (χ1n) is 6.97. The van der Waals surface area contributed by atoms with Crippen LogP contribution in [0.25, 0.3) is 0 Å². The molecule has 2 rings (SSSR count). The number of nitrogens with one attached hydrogen (secondary N) is 1. The summed E-state index contributed by atoms with van der Waals surface area (Å²) in [5.74, 6) is 0. The molecule has 19 heavy (non-hydrogen) atoms. The number of nitrogens with zero attached hydrogens (tertiary/aromatic N) is 1. The molecule has 4 heteroatoms. The molecule has 0 aromatic rings. The Morgan fingerprint density at radius 1 is 1.26 bits per heavy atom. The summed E-state index contributed by atoms with van der Waals surface area (Å²) in [7, 11) is 0. The fourth-order valence-corrected chi connectivity index (χ4v) is 2.90. The standard InChI is InChI=1S/C15H23ClN2O/c1-10-7-8-17-14(16)12-6-4-5-11(12)13(10)18-9-15(2,3)19/h18-19H,4-9H2,1-3H3/b13-10+,17-14+. The van der Waals surface area contributed by atoms with Gasteiger partial charge in [-0.15, -0.1) is 0 Å². The van der Waals surface area contributed by atoms with Gasteiger partial charge in [0.25, 0.3) is 0 Å². The Labute approximate surface area is 120 Å². The van der Waals surface area contributed by atoms with Crippen LogP contribution >= 0.6 is 11.6 Å². The fraction of sp³-hybridized carbons (Fsp3) is 0.667. The van der Waals surface area contributed by atoms with Crippen LogP contribution in [0.4, 0.5) is 0 Å². The highest BCUT2D eigenvalue weighted by molar-refractivity contribution is 6.69. The summed E-state index contributed by atoms with van der Waals surface area (Å²) in [6.07, 6.45) is 4.11. The van der Waals surface area contributed by atoms with Gasteiger partial charge in [-0.25, -0.2) is 0 Å². The number of aliphatic imine (C=N–C) groups is 1. The smallest absolute Gasteiger partial charge is 0.127 e. The average molecular weight is 283 g/mol. The Balaban J connectivity index is 2.31. The molecule has 0 bridgehead atoms. The second-order valence-electron chi connectivity index (χ2n) is 6.05. The maximum atomic E-state index is 9.90. The molecule has 0 atom stereocenters. The van der Waals surface area contributed by atoms with Crippen LogP contribution < -0.4 is 5.32 Å². The molecule has 2 N–H and O–H groups in total. The lowest BCUT2D eigenvalue weighted by Crippen LogP contribution is -2.35. The number of halogens is 1. The number of rotatable bonds is 3. The molecule has 0 unspecified atom stereocenters. The molecule has 106 valence electrons. The molecule has 1 aliphatic carbocycles. The van der Waals surface area contributed by atoms with Gasteiger partial charge in [0.05, 0.1) is 5.60 Å². The highest BCUT2D eigenvalue weighted by Gasteiger charge is 2.24. The number of aliphatic hydroxyl groups is 1. The highest BCUT2D eigenvalue weighted by Crippen LogP contribution is 2.35. The molecular weight excluding hydrogens is 260 g/mol. The molecule has 0 radical (unpaired) electrons. The van der Waals surface area contributed by atoms with E-state index in [2.05, 4.69) is 17.2 Å². The van der Waals surface area contributed by atoms with Crippen molar-refractivity contribution in [2.45, 2.75) is 52.1 Å². The van der Waals surface area contributed by atoms with E-state index in [1.54, 1.807) is 0 Å². The van der Waals surface area contributed by atoms with Crippen molar-refractivity contribution in [2.24, 2.45) is 4.99 Å². The van der Waals surface area contributed by atoms with Crippen molar-refractivity contribution in [3.8, 4) is 0 Å². The molecule has 3 nitrogen and oxygen atoms in total. The van der Waals surface area contributed by atoms with E-state index in [4.69, 9.17) is 11.6 Å². The summed E-state index contributed by atoms with van der Waals surface area (Å²) in [5, 5.41) is 14.0. The van der Waals surface area contributed by atoms with Gasteiger partial charge in [-0.2, -0.15) is 0 Å². The molecule has 0 fully saturated rings. The maximum absolute atomic E-state index is 9.90. The van der Waals surface area contributed by atoms with Gasteiger partial charge in [0.2, 0.25) is 0 Å². The predicted molar refractivity (Wildman–Crippen MR) is 80.6 cm³/mol. The van der Waals surface area contributed by atoms with Crippen molar-refractivity contribution in [1.29, 1.82) is 0 Å². The van der Waals surface area contributed by atoms with Gasteiger partial charge in [0.1, 0.15) is 5.17 Å². The van der Waals surface area contributed by atoms with Crippen LogP contribution in [-0.2, 0) is 0 Å². The van der Waals surface area contributed by atoms with Gasteiger partial charge < -0.3 is 10.4 Å². The zero-order valence-corrected chi connectivity index (χ0v) is 12.8. The molecule has 0 amide bonds. The Morgan fingerprint density at radius 3 is 2.63 bits per heavy atom. The minimum Gasteiger partial charge on any atom is -0.389 e. The second-order valence-corrected chi connectivity index (χ2v) is 6.41. The van der Waals surface area contributed by atoms with Crippen molar-refractivity contribution in [3.05, 3.63) is 22.4 Å². The van der Waals surface area contributed by atoms with Crippen LogP contribution in [0.5, 0.6) is 0 Å². The summed E-state index contributed by atoms with van der Waals surface area (Å²) in [5.41, 5.74) is 4.27. The van der Waals surface area contributed by atoms with Crippen LogP contribution in [0.3, 0.4) is 0 Å². The monoisotopic (exact) mass is 282 g/mol. The van der Waals surface area contributed by atoms with Crippen molar-refractivity contribution >= 4 is 16.8 Å². The van der Waals surface area contributed by atoms with Crippen molar-refractivity contribution in [3.63, 3.8) is 0 Å². The van der Waals surface area contributed by atoms with Gasteiger partial charge >= 0.3 is 0 Å². The first-order valence-corrected chi connectivity index (χ1v) is 7.35. The van der Waals surface area contributed by atoms with Crippen LogP contribution in [-0.4, -0.2) is 29.0 Å². The van der Waals surface area contributed by atoms with Crippen LogP contribution in [0.15, 0.2) is 27.4 Å². The van der Waals surface area contributed by atoms with Crippen LogP contribution in [0.1, 0.15) is 46.5 Å². The minimum atomic E-state index is -0.715. The molecule has 0 aromatic heterocycles. The van der Waals surface area contributed by atoms with E-state index in [-0.39, 0.29) is 0 Å². The zero-order chi connectivity index (χ0) is 14.0. The Morgan fingerprint density at radius 2 is 1.95 bits per heavy atom. The van der Waals surface area contributed by atoms with E-state index >= 15 is 0 Å². The van der Waals surface area contributed by atoms with E-state index in [9.17, 15) is 5.11 Å². The summed E-state index contributed by atoms with van der Waals surface area (Å²) in [4.78, 5) is 4.43. The first-order chi connectivity index (χ1) is 8.88. The van der Waals surface area contributed by atoms with Crippen molar-refractivity contribution < 1.29 is 5.11 Å². The molecule has 0 saturated carbocycles. The third kappa shape index (κ3) is 3.61. The SMILES string of the molecule is C/C1=C(\NCC(C)(C)O)C2=C(CCC2)/C(Cl)=N\CC1. The first kappa shape index (κ1) is 14.6.